The zero-order valence-corrected chi connectivity index (χ0v) is 62.7. The molecule has 0 atom stereocenters. The number of fused-ring (bicyclic) bond motifs is 21. The van der Waals surface area contributed by atoms with Crippen LogP contribution in [-0.2, 0) is 22.0 Å². The van der Waals surface area contributed by atoms with Gasteiger partial charge in [0.05, 0.1) is 20.0 Å². The van der Waals surface area contributed by atoms with Gasteiger partial charge in [0.25, 0.3) is 0 Å². The van der Waals surface area contributed by atoms with Gasteiger partial charge in [-0.25, -0.2) is 0 Å². The zero-order valence-electron chi connectivity index (χ0n) is 61.1. The van der Waals surface area contributed by atoms with Gasteiger partial charge in [-0.1, -0.05) is 149 Å². The van der Waals surface area contributed by atoms with Gasteiger partial charge in [0, 0.05) is 37.3 Å². The molecule has 6 aliphatic rings. The van der Waals surface area contributed by atoms with Crippen molar-refractivity contribution in [1.29, 1.82) is 0 Å². The molecule has 9 aromatic rings. The molecule has 512 valence electrons. The lowest BCUT2D eigenvalue weighted by Gasteiger charge is -2.52. The van der Waals surface area contributed by atoms with Crippen molar-refractivity contribution in [1.82, 2.24) is 0 Å². The van der Waals surface area contributed by atoms with E-state index in [0.29, 0.717) is 17.1 Å². The molecule has 0 amide bonds. The van der Waals surface area contributed by atoms with Crippen molar-refractivity contribution in [2.75, 3.05) is 20.5 Å². The molecule has 10 heteroatoms. The third-order valence-corrected chi connectivity index (χ3v) is 24.7. The van der Waals surface area contributed by atoms with Gasteiger partial charge in [0.2, 0.25) is 11.2 Å². The summed E-state index contributed by atoms with van der Waals surface area (Å²) in [5.41, 5.74) is 21.6. The molecule has 97 heavy (non-hydrogen) atoms. The van der Waals surface area contributed by atoms with Crippen LogP contribution in [0.15, 0.2) is 114 Å². The summed E-state index contributed by atoms with van der Waals surface area (Å²) in [7, 11) is 3.38. The first-order valence-corrected chi connectivity index (χ1v) is 37.6. The number of aromatic hydroxyl groups is 3. The lowest BCUT2D eigenvalue weighted by Crippen LogP contribution is -2.44. The number of thioether (sulfide) groups is 1. The maximum absolute atomic E-state index is 13.5. The molecule has 0 heterocycles. The number of hydrogen-bond donors (Lipinski definition) is 3. The van der Waals surface area contributed by atoms with E-state index < -0.39 is 22.4 Å². The van der Waals surface area contributed by atoms with E-state index in [-0.39, 0.29) is 49.1 Å². The van der Waals surface area contributed by atoms with Crippen LogP contribution >= 0.6 is 22.9 Å². The number of benzene rings is 9. The summed E-state index contributed by atoms with van der Waals surface area (Å²) in [6.07, 6.45) is 11.6. The molecule has 3 spiro atoms. The number of ether oxygens (including phenoxy) is 2. The highest BCUT2D eigenvalue weighted by Gasteiger charge is 2.57. The van der Waals surface area contributed by atoms with Crippen LogP contribution in [0.1, 0.15) is 208 Å². The summed E-state index contributed by atoms with van der Waals surface area (Å²) in [6, 6.07) is 37.9. The first-order chi connectivity index (χ1) is 45.1. The molecule has 0 bridgehead atoms. The van der Waals surface area contributed by atoms with Crippen molar-refractivity contribution in [2.45, 2.75) is 202 Å². The highest BCUT2D eigenvalue weighted by Crippen LogP contribution is 2.69. The number of halogens is 3. The quantitative estimate of drug-likeness (QED) is 0.149. The van der Waals surface area contributed by atoms with Crippen LogP contribution in [0.5, 0.6) is 28.7 Å². The van der Waals surface area contributed by atoms with Crippen molar-refractivity contribution in [3.05, 3.63) is 176 Å². The van der Waals surface area contributed by atoms with Gasteiger partial charge in [0.1, 0.15) is 28.7 Å². The second kappa shape index (κ2) is 22.9. The number of phenols is 3. The Morgan fingerprint density at radius 1 is 0.371 bits per heavy atom. The fourth-order valence-corrected chi connectivity index (χ4v) is 23.4. The molecular weight excluding hydrogens is 1250 g/mol. The molecule has 0 radical (unpaired) electrons. The Hall–Kier alpha value is -6.75. The second-order valence-electron chi connectivity index (χ2n) is 35.5. The first-order valence-electron chi connectivity index (χ1n) is 34.9. The average molecular weight is 1350 g/mol. The zero-order chi connectivity index (χ0) is 70.2. The van der Waals surface area contributed by atoms with Crippen LogP contribution in [0.3, 0.4) is 0 Å². The number of aryl methyl sites for hydroxylation is 5. The van der Waals surface area contributed by atoms with Gasteiger partial charge in [0.15, 0.2) is 0 Å². The number of phenolic OH excluding ortho intramolecular Hbond substituents is 3. The minimum Gasteiger partial charge on any atom is -0.507 e. The van der Waals surface area contributed by atoms with Gasteiger partial charge in [-0.2, -0.15) is 0 Å². The fraction of sp³-hybridized carbons (Fsp3) is 0.448. The van der Waals surface area contributed by atoms with Gasteiger partial charge >= 0.3 is 0 Å². The minimum absolute atomic E-state index is 0.00904. The van der Waals surface area contributed by atoms with Crippen LogP contribution in [0.2, 0.25) is 0 Å². The maximum Gasteiger partial charge on any atom is 0.213 e. The summed E-state index contributed by atoms with van der Waals surface area (Å²) in [5, 5.41) is 39.5. The summed E-state index contributed by atoms with van der Waals surface area (Å²) in [5.74, 6) is 1.76. The SMILES string of the molecule is COc1cc2c(O)cc3c(c2cc1C)-c1ccc(C)cc1C31CC(C)(C)CC(C)(C)C1.COc1cc2c(O)cc3c(c2cc1C)-c1ccc(C)cc1C31CC(C)(C)CC(C)(C)C1.CSc1cc2c(O)cc3c(c2cc1C)-c1ccc(CS(F)(F)F)cc1C31CC(C)(C)CC(C)(C)C1. The summed E-state index contributed by atoms with van der Waals surface area (Å²) in [6.45, 7) is 39.0. The van der Waals surface area contributed by atoms with Crippen molar-refractivity contribution in [2.24, 2.45) is 32.5 Å². The van der Waals surface area contributed by atoms with Crippen LogP contribution in [0.25, 0.3) is 65.7 Å². The van der Waals surface area contributed by atoms with Gasteiger partial charge in [-0.3, -0.25) is 0 Å². The fourth-order valence-electron chi connectivity index (χ4n) is 22.2. The lowest BCUT2D eigenvalue weighted by molar-refractivity contribution is 0.0641. The Kier molecular flexibility index (Phi) is 16.2. The highest BCUT2D eigenvalue weighted by molar-refractivity contribution is 8.20. The van der Waals surface area contributed by atoms with Crippen molar-refractivity contribution < 1.29 is 36.5 Å². The molecular formula is C87H101F3O5S2. The Morgan fingerprint density at radius 2 is 0.680 bits per heavy atom. The molecule has 0 unspecified atom stereocenters. The summed E-state index contributed by atoms with van der Waals surface area (Å²) < 4.78 is 51.5. The summed E-state index contributed by atoms with van der Waals surface area (Å²) in [4.78, 5) is 1.11. The van der Waals surface area contributed by atoms with E-state index in [4.69, 9.17) is 9.47 Å². The van der Waals surface area contributed by atoms with E-state index in [1.165, 1.54) is 68.5 Å². The Morgan fingerprint density at radius 3 is 1.00 bits per heavy atom. The number of methoxy groups -OCH3 is 2. The van der Waals surface area contributed by atoms with Crippen LogP contribution < -0.4 is 9.47 Å². The topological polar surface area (TPSA) is 79.2 Å². The predicted octanol–water partition coefficient (Wildman–Crippen LogP) is 25.4. The smallest absolute Gasteiger partial charge is 0.213 e. The van der Waals surface area contributed by atoms with Crippen LogP contribution in [-0.4, -0.2) is 35.8 Å². The molecule has 3 saturated carbocycles. The van der Waals surface area contributed by atoms with E-state index in [0.717, 1.165) is 133 Å². The van der Waals surface area contributed by atoms with E-state index in [2.05, 4.69) is 184 Å². The maximum atomic E-state index is 13.5. The van der Waals surface area contributed by atoms with Crippen molar-refractivity contribution >= 4 is 55.3 Å². The molecule has 0 aromatic heterocycles. The Balaban J connectivity index is 0.000000132. The standard InChI is InChI=1S/C29H33F3OS2.2C29H34O2/c1-17-9-21-20(11-25(17)34-6)24(33)12-23-26(21)19-8-7-18(13-35(30,31)32)10-22(19)29(23)15-27(2,3)14-28(4,5)16-29;2*1-17-8-9-19-22(10-17)29(15-27(3,4)14-28(5,6)16-29)23-13-24(30)20-12-25(31-7)18(2)11-21(20)26(19)23/h7-12,33H,13-16H2,1-6H3;2*8-13,30H,14-16H2,1-7H3. The lowest BCUT2D eigenvalue weighted by atomic mass is 9.52. The Bertz CT molecular complexity index is 4530. The molecule has 15 rings (SSSR count). The molecule has 0 saturated heterocycles. The largest absolute Gasteiger partial charge is 0.507 e. The third kappa shape index (κ3) is 11.7. The van der Waals surface area contributed by atoms with Crippen LogP contribution in [0, 0.1) is 67.1 Å². The molecule has 9 aromatic carbocycles. The predicted molar refractivity (Wildman–Crippen MR) is 403 cm³/mol. The Labute approximate surface area is 581 Å². The van der Waals surface area contributed by atoms with Gasteiger partial charge in [-0.05, 0) is 291 Å². The molecule has 0 aliphatic heterocycles. The molecule has 6 aliphatic carbocycles. The van der Waals surface area contributed by atoms with Crippen LogP contribution in [0.4, 0.5) is 11.7 Å². The number of rotatable bonds is 5. The normalized spacial score (nSPS) is 20.0. The highest BCUT2D eigenvalue weighted by atomic mass is 32.3. The molecule has 5 nitrogen and oxygen atoms in total. The van der Waals surface area contributed by atoms with E-state index in [9.17, 15) is 27.0 Å². The monoisotopic (exact) mass is 1350 g/mol. The summed E-state index contributed by atoms with van der Waals surface area (Å²) >= 11 is -3.50. The van der Waals surface area contributed by atoms with Gasteiger partial charge in [-0.15, -0.1) is 23.4 Å². The third-order valence-electron chi connectivity index (χ3n) is 23.1. The first kappa shape index (κ1) is 68.8. The molecule has 3 fully saturated rings. The van der Waals surface area contributed by atoms with E-state index >= 15 is 0 Å². The van der Waals surface area contributed by atoms with Crippen molar-refractivity contribution in [3.8, 4) is 62.1 Å². The van der Waals surface area contributed by atoms with E-state index in [1.54, 1.807) is 32.0 Å². The molecule has 3 N–H and O–H groups in total. The minimum atomic E-state index is -5.15. The number of hydrogen-bond acceptors (Lipinski definition) is 6. The second-order valence-corrected chi connectivity index (χ2v) is 37.6. The van der Waals surface area contributed by atoms with Gasteiger partial charge < -0.3 is 24.8 Å². The van der Waals surface area contributed by atoms with E-state index in [1.807, 2.05) is 42.7 Å². The average Bonchev–Trinajstić information content (AvgIpc) is 1.55. The van der Waals surface area contributed by atoms with Crippen molar-refractivity contribution in [3.63, 3.8) is 0 Å².